The second-order valence-corrected chi connectivity index (χ2v) is 4.89. The predicted molar refractivity (Wildman–Crippen MR) is 80.6 cm³/mol. The van der Waals surface area contributed by atoms with Crippen molar-refractivity contribution in [1.29, 1.82) is 0 Å². The molecule has 1 heterocycles. The van der Waals surface area contributed by atoms with Gasteiger partial charge in [0.15, 0.2) is 5.69 Å². The van der Waals surface area contributed by atoms with Crippen LogP contribution in [0.3, 0.4) is 0 Å². The van der Waals surface area contributed by atoms with Crippen LogP contribution in [0.15, 0.2) is 60.7 Å². The topological polar surface area (TPSA) is 27.1 Å². The summed E-state index contributed by atoms with van der Waals surface area (Å²) in [4.78, 5) is 0. The third-order valence-electron chi connectivity index (χ3n) is 3.39. The molecular weight excluding hydrogens is 305 g/mol. The first-order valence-corrected chi connectivity index (χ1v) is 6.86. The minimum absolute atomic E-state index is 0.367. The summed E-state index contributed by atoms with van der Waals surface area (Å²) in [6.45, 7) is 0. The van der Waals surface area contributed by atoms with Crippen LogP contribution < -0.4 is 4.74 Å². The number of rotatable bonds is 3. The van der Waals surface area contributed by atoms with Gasteiger partial charge in [-0.2, -0.15) is 18.3 Å². The van der Waals surface area contributed by atoms with Crippen molar-refractivity contribution in [3.05, 3.63) is 66.4 Å². The Morgan fingerprint density at radius 2 is 1.61 bits per heavy atom. The summed E-state index contributed by atoms with van der Waals surface area (Å²) in [5, 5.41) is 3.73. The average molecular weight is 318 g/mol. The van der Waals surface area contributed by atoms with Gasteiger partial charge >= 0.3 is 6.18 Å². The van der Waals surface area contributed by atoms with E-state index >= 15 is 0 Å². The summed E-state index contributed by atoms with van der Waals surface area (Å²) in [6, 6.07) is 16.6. The fourth-order valence-corrected chi connectivity index (χ4v) is 2.25. The van der Waals surface area contributed by atoms with Gasteiger partial charge in [0.1, 0.15) is 5.75 Å². The summed E-state index contributed by atoms with van der Waals surface area (Å²) in [5.41, 5.74) is 0.629. The fourth-order valence-electron chi connectivity index (χ4n) is 2.25. The number of nitrogens with zero attached hydrogens (tertiary/aromatic N) is 2. The lowest BCUT2D eigenvalue weighted by molar-refractivity contribution is -0.141. The van der Waals surface area contributed by atoms with Crippen molar-refractivity contribution in [1.82, 2.24) is 9.78 Å². The van der Waals surface area contributed by atoms with Gasteiger partial charge in [-0.3, -0.25) is 0 Å². The zero-order valence-corrected chi connectivity index (χ0v) is 12.2. The maximum absolute atomic E-state index is 13.0. The van der Waals surface area contributed by atoms with Crippen LogP contribution in [0.1, 0.15) is 5.69 Å². The molecule has 0 aliphatic carbocycles. The third kappa shape index (κ3) is 3.06. The van der Waals surface area contributed by atoms with Crippen molar-refractivity contribution < 1.29 is 17.9 Å². The number of aromatic nitrogens is 2. The number of hydrogen-bond acceptors (Lipinski definition) is 2. The molecule has 118 valence electrons. The Labute approximate surface area is 130 Å². The van der Waals surface area contributed by atoms with E-state index in [1.54, 1.807) is 54.6 Å². The van der Waals surface area contributed by atoms with Crippen LogP contribution in [-0.2, 0) is 6.18 Å². The summed E-state index contributed by atoms with van der Waals surface area (Å²) in [5.74, 6) is 0.635. The molecule has 0 aliphatic rings. The second kappa shape index (κ2) is 5.79. The van der Waals surface area contributed by atoms with Gasteiger partial charge in [-0.05, 0) is 42.5 Å². The van der Waals surface area contributed by atoms with Crippen LogP contribution in [0.25, 0.3) is 16.9 Å². The van der Waals surface area contributed by atoms with E-state index in [-0.39, 0.29) is 0 Å². The Kier molecular flexibility index (Phi) is 3.82. The molecule has 0 bridgehead atoms. The molecule has 3 nitrogen and oxygen atoms in total. The lowest BCUT2D eigenvalue weighted by Crippen LogP contribution is -2.07. The molecular formula is C17H13F3N2O. The summed E-state index contributed by atoms with van der Waals surface area (Å²) >= 11 is 0. The fraction of sp³-hybridized carbons (Fsp3) is 0.118. The lowest BCUT2D eigenvalue weighted by Gasteiger charge is -2.08. The van der Waals surface area contributed by atoms with Crippen molar-refractivity contribution in [2.45, 2.75) is 6.18 Å². The Morgan fingerprint density at radius 3 is 2.17 bits per heavy atom. The summed E-state index contributed by atoms with van der Waals surface area (Å²) in [7, 11) is 1.53. The van der Waals surface area contributed by atoms with E-state index in [2.05, 4.69) is 5.10 Å². The van der Waals surface area contributed by atoms with Crippen molar-refractivity contribution in [2.24, 2.45) is 0 Å². The van der Waals surface area contributed by atoms with Crippen LogP contribution in [0.4, 0.5) is 13.2 Å². The van der Waals surface area contributed by atoms with Gasteiger partial charge in [0.05, 0.1) is 18.5 Å². The molecule has 0 spiro atoms. The zero-order valence-electron chi connectivity index (χ0n) is 12.2. The van der Waals surface area contributed by atoms with E-state index in [1.165, 1.54) is 11.8 Å². The quantitative estimate of drug-likeness (QED) is 0.707. The van der Waals surface area contributed by atoms with Crippen molar-refractivity contribution in [2.75, 3.05) is 7.11 Å². The SMILES string of the molecule is COc1ccc(-c2cc(C(F)(F)F)nn2-c2ccccc2)cc1. The molecule has 0 N–H and O–H groups in total. The maximum atomic E-state index is 13.0. The number of alkyl halides is 3. The van der Waals surface area contributed by atoms with Gasteiger partial charge in [0.25, 0.3) is 0 Å². The molecule has 0 saturated carbocycles. The van der Waals surface area contributed by atoms with E-state index in [9.17, 15) is 13.2 Å². The molecule has 1 aromatic heterocycles. The van der Waals surface area contributed by atoms with E-state index in [0.717, 1.165) is 6.07 Å². The molecule has 0 aliphatic heterocycles. The number of benzene rings is 2. The molecule has 0 radical (unpaired) electrons. The van der Waals surface area contributed by atoms with Gasteiger partial charge in [0.2, 0.25) is 0 Å². The first-order valence-electron chi connectivity index (χ1n) is 6.86. The van der Waals surface area contributed by atoms with Gasteiger partial charge in [0, 0.05) is 5.56 Å². The molecule has 2 aromatic carbocycles. The number of halogens is 3. The van der Waals surface area contributed by atoms with Crippen LogP contribution in [0.5, 0.6) is 5.75 Å². The highest BCUT2D eigenvalue weighted by Crippen LogP contribution is 2.33. The summed E-state index contributed by atoms with van der Waals surface area (Å²) < 4.78 is 45.5. The van der Waals surface area contributed by atoms with Crippen molar-refractivity contribution in [3.8, 4) is 22.7 Å². The standard InChI is InChI=1S/C17H13F3N2O/c1-23-14-9-7-12(8-10-14)15-11-16(17(18,19)20)21-22(15)13-5-3-2-4-6-13/h2-11H,1H3. The maximum Gasteiger partial charge on any atom is 0.435 e. The largest absolute Gasteiger partial charge is 0.497 e. The average Bonchev–Trinajstić information content (AvgIpc) is 3.01. The highest BCUT2D eigenvalue weighted by Gasteiger charge is 2.35. The molecule has 23 heavy (non-hydrogen) atoms. The molecule has 6 heteroatoms. The highest BCUT2D eigenvalue weighted by molar-refractivity contribution is 5.63. The second-order valence-electron chi connectivity index (χ2n) is 4.89. The molecule has 0 fully saturated rings. The molecule has 0 saturated heterocycles. The Bertz CT molecular complexity index is 793. The Morgan fingerprint density at radius 1 is 0.957 bits per heavy atom. The summed E-state index contributed by atoms with van der Waals surface area (Å²) in [6.07, 6.45) is -4.50. The number of hydrogen-bond donors (Lipinski definition) is 0. The van der Waals surface area contributed by atoms with E-state index < -0.39 is 11.9 Å². The van der Waals surface area contributed by atoms with Crippen LogP contribution >= 0.6 is 0 Å². The van der Waals surface area contributed by atoms with E-state index in [1.807, 2.05) is 0 Å². The third-order valence-corrected chi connectivity index (χ3v) is 3.39. The first-order chi connectivity index (χ1) is 11.0. The first kappa shape index (κ1) is 15.1. The minimum atomic E-state index is -4.50. The smallest absolute Gasteiger partial charge is 0.435 e. The predicted octanol–water partition coefficient (Wildman–Crippen LogP) is 4.57. The number of ether oxygens (including phenoxy) is 1. The van der Waals surface area contributed by atoms with Crippen molar-refractivity contribution in [3.63, 3.8) is 0 Å². The molecule has 0 unspecified atom stereocenters. The number of para-hydroxylation sites is 1. The van der Waals surface area contributed by atoms with Gasteiger partial charge < -0.3 is 4.74 Å². The van der Waals surface area contributed by atoms with E-state index in [4.69, 9.17) is 4.74 Å². The van der Waals surface area contributed by atoms with Gasteiger partial charge in [-0.15, -0.1) is 0 Å². The molecule has 3 rings (SSSR count). The van der Waals surface area contributed by atoms with Gasteiger partial charge in [-0.1, -0.05) is 18.2 Å². The van der Waals surface area contributed by atoms with E-state index in [0.29, 0.717) is 22.7 Å². The normalized spacial score (nSPS) is 11.5. The van der Waals surface area contributed by atoms with Crippen LogP contribution in [-0.4, -0.2) is 16.9 Å². The lowest BCUT2D eigenvalue weighted by atomic mass is 10.1. The van der Waals surface area contributed by atoms with Gasteiger partial charge in [-0.25, -0.2) is 4.68 Å². The van der Waals surface area contributed by atoms with Crippen LogP contribution in [0.2, 0.25) is 0 Å². The zero-order chi connectivity index (χ0) is 16.4. The molecule has 0 atom stereocenters. The highest BCUT2D eigenvalue weighted by atomic mass is 19.4. The molecule has 3 aromatic rings. The monoisotopic (exact) mass is 318 g/mol. The Hall–Kier alpha value is -2.76. The van der Waals surface area contributed by atoms with Crippen molar-refractivity contribution >= 4 is 0 Å². The minimum Gasteiger partial charge on any atom is -0.497 e. The van der Waals surface area contributed by atoms with Crippen LogP contribution in [0, 0.1) is 0 Å². The number of methoxy groups -OCH3 is 1. The molecule has 0 amide bonds. The Balaban J connectivity index is 2.15.